The first-order valence-electron chi connectivity index (χ1n) is 20.7. The maximum atomic E-state index is 5.07. The molecule has 0 amide bonds. The summed E-state index contributed by atoms with van der Waals surface area (Å²) >= 11 is 0. The summed E-state index contributed by atoms with van der Waals surface area (Å²) in [6.45, 7) is 2.85. The van der Waals surface area contributed by atoms with E-state index in [0.29, 0.717) is 6.54 Å². The van der Waals surface area contributed by atoms with Gasteiger partial charge in [-0.15, -0.1) is 0 Å². The van der Waals surface area contributed by atoms with Crippen molar-refractivity contribution in [1.29, 1.82) is 0 Å². The minimum Gasteiger partial charge on any atom is -0.341 e. The SMILES string of the molecule is C/C=c1/c(-c2ccc3ccccc3c2)c2cc(N3c4ccccc4N(C)c4ccccc43)ccc2c(-c2ccccn2)/c1=C/CN1c2ccccc2N(C)c2ccccc21. The largest absolute Gasteiger partial charge is 0.341 e. The molecule has 0 bridgehead atoms. The normalized spacial score (nSPS) is 13.7. The van der Waals surface area contributed by atoms with Crippen LogP contribution in [0, 0.1) is 0 Å². The molecule has 0 atom stereocenters. The number of fused-ring (bicyclic) bond motifs is 6. The molecule has 11 rings (SSSR count). The van der Waals surface area contributed by atoms with Crippen LogP contribution in [0.4, 0.5) is 51.2 Å². The van der Waals surface area contributed by atoms with Crippen LogP contribution in [0.5, 0.6) is 0 Å². The first-order chi connectivity index (χ1) is 29.6. The number of hydrogen-bond donors (Lipinski definition) is 0. The van der Waals surface area contributed by atoms with Crippen molar-refractivity contribution in [3.05, 3.63) is 193 Å². The van der Waals surface area contributed by atoms with E-state index in [1.165, 1.54) is 71.8 Å². The Morgan fingerprint density at radius 1 is 0.467 bits per heavy atom. The van der Waals surface area contributed by atoms with Gasteiger partial charge in [0, 0.05) is 38.1 Å². The van der Waals surface area contributed by atoms with Gasteiger partial charge in [-0.3, -0.25) is 4.98 Å². The molecule has 0 radical (unpaired) electrons. The molecule has 0 saturated heterocycles. The molecule has 8 aromatic carbocycles. The van der Waals surface area contributed by atoms with E-state index in [1.807, 2.05) is 12.3 Å². The number of anilines is 9. The third-order valence-corrected chi connectivity index (χ3v) is 12.4. The lowest BCUT2D eigenvalue weighted by atomic mass is 9.88. The van der Waals surface area contributed by atoms with E-state index in [0.717, 1.165) is 33.7 Å². The number of pyridine rings is 1. The maximum Gasteiger partial charge on any atom is 0.0714 e. The van der Waals surface area contributed by atoms with Gasteiger partial charge in [-0.25, -0.2) is 0 Å². The highest BCUT2D eigenvalue weighted by Gasteiger charge is 2.29. The van der Waals surface area contributed by atoms with E-state index in [2.05, 4.69) is 223 Å². The molecule has 60 heavy (non-hydrogen) atoms. The minimum atomic E-state index is 0.665. The maximum absolute atomic E-state index is 5.07. The van der Waals surface area contributed by atoms with Crippen molar-refractivity contribution in [3.8, 4) is 22.4 Å². The van der Waals surface area contributed by atoms with Crippen molar-refractivity contribution in [2.75, 3.05) is 40.2 Å². The third-order valence-electron chi connectivity index (χ3n) is 12.4. The summed E-state index contributed by atoms with van der Waals surface area (Å²) in [7, 11) is 4.32. The summed E-state index contributed by atoms with van der Waals surface area (Å²) < 4.78 is 0. The van der Waals surface area contributed by atoms with Crippen molar-refractivity contribution in [2.24, 2.45) is 0 Å². The van der Waals surface area contributed by atoms with Crippen molar-refractivity contribution in [3.63, 3.8) is 0 Å². The highest BCUT2D eigenvalue weighted by Crippen LogP contribution is 2.51. The molecule has 288 valence electrons. The number of hydrogen-bond acceptors (Lipinski definition) is 5. The second-order valence-electron chi connectivity index (χ2n) is 15.6. The number of benzene rings is 8. The van der Waals surface area contributed by atoms with Gasteiger partial charge in [-0.05, 0) is 129 Å². The van der Waals surface area contributed by atoms with Crippen molar-refractivity contribution >= 4 is 84.9 Å². The van der Waals surface area contributed by atoms with Crippen molar-refractivity contribution in [2.45, 2.75) is 6.92 Å². The Labute approximate surface area is 350 Å². The van der Waals surface area contributed by atoms with Gasteiger partial charge in [0.25, 0.3) is 0 Å². The molecule has 5 heteroatoms. The lowest BCUT2D eigenvalue weighted by Gasteiger charge is -2.38. The highest BCUT2D eigenvalue weighted by atomic mass is 15.3. The molecular weight excluding hydrogens is 731 g/mol. The van der Waals surface area contributed by atoms with Crippen LogP contribution in [0.2, 0.25) is 0 Å². The second-order valence-corrected chi connectivity index (χ2v) is 15.6. The molecule has 2 aliphatic rings. The standard InChI is InChI=1S/C55H43N5/c1-4-41-43(32-34-59-50-24-11-7-20-46(50)57(2)47-21-8-12-25-51(47)59)55(45-19-15-16-33-56-45)42-31-30-40(36-44(42)54(41)39-29-28-37-17-5-6-18-38(37)35-39)60-52-26-13-9-22-48(52)58(3)49-23-10-14-27-53(49)60/h4-33,35-36H,34H2,1-3H3/b41-4+,43-32+. The Morgan fingerprint density at radius 2 is 1.02 bits per heavy atom. The predicted molar refractivity (Wildman–Crippen MR) is 255 cm³/mol. The zero-order valence-corrected chi connectivity index (χ0v) is 33.9. The number of para-hydroxylation sites is 8. The average Bonchev–Trinajstić information content (AvgIpc) is 3.31. The van der Waals surface area contributed by atoms with E-state index in [1.54, 1.807) is 0 Å². The molecule has 2 aliphatic heterocycles. The lowest BCUT2D eigenvalue weighted by molar-refractivity contribution is 1.06. The van der Waals surface area contributed by atoms with E-state index in [4.69, 9.17) is 4.98 Å². The minimum absolute atomic E-state index is 0.665. The Kier molecular flexibility index (Phi) is 8.48. The van der Waals surface area contributed by atoms with Crippen LogP contribution >= 0.6 is 0 Å². The summed E-state index contributed by atoms with van der Waals surface area (Å²) in [6, 6.07) is 63.7. The van der Waals surface area contributed by atoms with Crippen molar-refractivity contribution < 1.29 is 0 Å². The number of rotatable bonds is 5. The smallest absolute Gasteiger partial charge is 0.0714 e. The predicted octanol–water partition coefficient (Wildman–Crippen LogP) is 12.8. The molecule has 0 fully saturated rings. The monoisotopic (exact) mass is 773 g/mol. The second kappa shape index (κ2) is 14.3. The fourth-order valence-corrected chi connectivity index (χ4v) is 9.61. The number of nitrogens with zero attached hydrogens (tertiary/aromatic N) is 5. The van der Waals surface area contributed by atoms with E-state index >= 15 is 0 Å². The van der Waals surface area contributed by atoms with Gasteiger partial charge in [0.1, 0.15) is 0 Å². The molecule has 0 N–H and O–H groups in total. The van der Waals surface area contributed by atoms with Crippen LogP contribution < -0.4 is 30.0 Å². The Balaban J connectivity index is 1.22. The number of aromatic nitrogens is 1. The van der Waals surface area contributed by atoms with Gasteiger partial charge >= 0.3 is 0 Å². The van der Waals surface area contributed by atoms with Crippen LogP contribution in [-0.4, -0.2) is 25.6 Å². The van der Waals surface area contributed by atoms with Crippen LogP contribution in [0.25, 0.3) is 56.1 Å². The molecular formula is C55H43N5. The molecule has 9 aromatic rings. The summed E-state index contributed by atoms with van der Waals surface area (Å²) in [5.74, 6) is 0. The van der Waals surface area contributed by atoms with Gasteiger partial charge in [0.05, 0.1) is 51.2 Å². The Hall–Kier alpha value is -7.63. The molecule has 0 aliphatic carbocycles. The van der Waals surface area contributed by atoms with Crippen LogP contribution in [0.15, 0.2) is 182 Å². The summed E-state index contributed by atoms with van der Waals surface area (Å²) in [5, 5.41) is 7.14. The van der Waals surface area contributed by atoms with E-state index < -0.39 is 0 Å². The van der Waals surface area contributed by atoms with E-state index in [9.17, 15) is 0 Å². The molecule has 5 nitrogen and oxygen atoms in total. The fraction of sp³-hybridized carbons (Fsp3) is 0.0727. The van der Waals surface area contributed by atoms with Gasteiger partial charge in [0.2, 0.25) is 0 Å². The fourth-order valence-electron chi connectivity index (χ4n) is 9.61. The molecule has 0 spiro atoms. The molecule has 1 aromatic heterocycles. The highest BCUT2D eigenvalue weighted by molar-refractivity contribution is 6.09. The molecule has 0 unspecified atom stereocenters. The first kappa shape index (κ1) is 35.5. The summed E-state index contributed by atoms with van der Waals surface area (Å²) in [6.07, 6.45) is 6.65. The molecule has 0 saturated carbocycles. The third kappa shape index (κ3) is 5.58. The van der Waals surface area contributed by atoms with Crippen LogP contribution in [0.3, 0.4) is 0 Å². The lowest BCUT2D eigenvalue weighted by Crippen LogP contribution is -2.33. The summed E-state index contributed by atoms with van der Waals surface area (Å²) in [5.41, 5.74) is 14.9. The zero-order chi connectivity index (χ0) is 40.3. The van der Waals surface area contributed by atoms with Crippen LogP contribution in [0.1, 0.15) is 6.92 Å². The first-order valence-corrected chi connectivity index (χ1v) is 20.7. The Bertz CT molecular complexity index is 3170. The van der Waals surface area contributed by atoms with Gasteiger partial charge < -0.3 is 19.6 Å². The Morgan fingerprint density at radius 3 is 1.62 bits per heavy atom. The summed E-state index contributed by atoms with van der Waals surface area (Å²) in [4.78, 5) is 14.5. The zero-order valence-electron chi connectivity index (χ0n) is 33.9. The van der Waals surface area contributed by atoms with Crippen molar-refractivity contribution in [1.82, 2.24) is 4.98 Å². The molecule has 3 heterocycles. The van der Waals surface area contributed by atoms with Gasteiger partial charge in [0.15, 0.2) is 0 Å². The quantitative estimate of drug-likeness (QED) is 0.174. The average molecular weight is 774 g/mol. The van der Waals surface area contributed by atoms with Gasteiger partial charge in [-0.1, -0.05) is 109 Å². The van der Waals surface area contributed by atoms with Gasteiger partial charge in [-0.2, -0.15) is 0 Å². The van der Waals surface area contributed by atoms with Crippen LogP contribution in [-0.2, 0) is 0 Å². The topological polar surface area (TPSA) is 25.9 Å². The van der Waals surface area contributed by atoms with E-state index in [-0.39, 0.29) is 0 Å².